The molecule has 3 aromatic rings. The lowest BCUT2D eigenvalue weighted by molar-refractivity contribution is 0.247. The van der Waals surface area contributed by atoms with Crippen molar-refractivity contribution in [1.29, 1.82) is 0 Å². The zero-order chi connectivity index (χ0) is 17.6. The van der Waals surface area contributed by atoms with Gasteiger partial charge in [-0.2, -0.15) is 0 Å². The molecular weight excluding hydrogens is 326 g/mol. The third-order valence-corrected chi connectivity index (χ3v) is 5.85. The van der Waals surface area contributed by atoms with Gasteiger partial charge in [-0.1, -0.05) is 12.1 Å². The van der Waals surface area contributed by atoms with Gasteiger partial charge in [-0.15, -0.1) is 0 Å². The van der Waals surface area contributed by atoms with E-state index in [0.717, 1.165) is 43.9 Å². The molecule has 5 nitrogen and oxygen atoms in total. The molecule has 134 valence electrons. The highest BCUT2D eigenvalue weighted by Gasteiger charge is 2.44. The fraction of sp³-hybridized carbons (Fsp3) is 0.381. The average molecular weight is 349 g/mol. The summed E-state index contributed by atoms with van der Waals surface area (Å²) in [5.74, 6) is 2.11. The number of ether oxygens (including phenoxy) is 1. The Hall–Kier alpha value is -2.53. The van der Waals surface area contributed by atoms with Gasteiger partial charge in [0.1, 0.15) is 11.6 Å². The van der Waals surface area contributed by atoms with Gasteiger partial charge in [0.05, 0.1) is 31.5 Å². The van der Waals surface area contributed by atoms with Gasteiger partial charge in [0, 0.05) is 42.6 Å². The number of benzene rings is 1. The van der Waals surface area contributed by atoms with Gasteiger partial charge in [-0.3, -0.25) is 4.90 Å². The minimum Gasteiger partial charge on any atom is -0.496 e. The van der Waals surface area contributed by atoms with E-state index in [0.29, 0.717) is 5.41 Å². The molecule has 0 N–H and O–H groups in total. The predicted molar refractivity (Wildman–Crippen MR) is 99.0 cm³/mol. The Labute approximate surface area is 153 Å². The van der Waals surface area contributed by atoms with Crippen LogP contribution in [-0.4, -0.2) is 34.7 Å². The maximum Gasteiger partial charge on any atom is 0.128 e. The molecule has 1 aromatic carbocycles. The van der Waals surface area contributed by atoms with E-state index in [1.807, 2.05) is 24.6 Å². The Balaban J connectivity index is 1.38. The van der Waals surface area contributed by atoms with Crippen LogP contribution < -0.4 is 4.74 Å². The lowest BCUT2D eigenvalue weighted by atomic mass is 9.86. The molecule has 0 bridgehead atoms. The number of methoxy groups -OCH3 is 1. The maximum atomic E-state index is 5.56. The molecule has 1 fully saturated rings. The standard InChI is InChI=1S/C21H23N3O2/c1-25-19-5-3-2-4-17(19)18-11-22-20-10-21(15-24(18)20)7-8-23(14-21)12-16-6-9-26-13-16/h2-6,9,11,13H,7-8,10,12,14-15H2,1H3. The van der Waals surface area contributed by atoms with Gasteiger partial charge in [0.15, 0.2) is 0 Å². The Morgan fingerprint density at radius 2 is 2.15 bits per heavy atom. The third-order valence-electron chi connectivity index (χ3n) is 5.85. The fourth-order valence-corrected chi connectivity index (χ4v) is 4.61. The molecule has 4 heterocycles. The largest absolute Gasteiger partial charge is 0.496 e. The predicted octanol–water partition coefficient (Wildman–Crippen LogP) is 3.60. The summed E-state index contributed by atoms with van der Waals surface area (Å²) in [6.07, 6.45) is 7.89. The summed E-state index contributed by atoms with van der Waals surface area (Å²) in [5.41, 5.74) is 3.86. The van der Waals surface area contributed by atoms with E-state index >= 15 is 0 Å². The van der Waals surface area contributed by atoms with Crippen molar-refractivity contribution >= 4 is 0 Å². The van der Waals surface area contributed by atoms with Crippen LogP contribution in [0.5, 0.6) is 5.75 Å². The van der Waals surface area contributed by atoms with Crippen molar-refractivity contribution in [2.45, 2.75) is 25.9 Å². The molecule has 0 saturated carbocycles. The van der Waals surface area contributed by atoms with Crippen LogP contribution in [-0.2, 0) is 19.5 Å². The van der Waals surface area contributed by atoms with E-state index in [1.165, 1.54) is 23.5 Å². The molecule has 1 saturated heterocycles. The van der Waals surface area contributed by atoms with Crippen molar-refractivity contribution in [2.24, 2.45) is 5.41 Å². The van der Waals surface area contributed by atoms with E-state index in [1.54, 1.807) is 13.4 Å². The summed E-state index contributed by atoms with van der Waals surface area (Å²) in [7, 11) is 1.73. The molecule has 5 heteroatoms. The molecule has 2 aliphatic heterocycles. The van der Waals surface area contributed by atoms with Crippen molar-refractivity contribution in [3.63, 3.8) is 0 Å². The number of rotatable bonds is 4. The van der Waals surface area contributed by atoms with Gasteiger partial charge in [0.25, 0.3) is 0 Å². The van der Waals surface area contributed by atoms with Crippen LogP contribution in [0, 0.1) is 5.41 Å². The zero-order valence-corrected chi connectivity index (χ0v) is 15.0. The molecule has 0 radical (unpaired) electrons. The van der Waals surface area contributed by atoms with Gasteiger partial charge < -0.3 is 13.7 Å². The first-order valence-electron chi connectivity index (χ1n) is 9.18. The summed E-state index contributed by atoms with van der Waals surface area (Å²) < 4.78 is 13.2. The average Bonchev–Trinajstić information content (AvgIpc) is 3.42. The number of fused-ring (bicyclic) bond motifs is 1. The molecule has 0 aliphatic carbocycles. The third kappa shape index (κ3) is 2.54. The molecule has 1 unspecified atom stereocenters. The van der Waals surface area contributed by atoms with Gasteiger partial charge in [0.2, 0.25) is 0 Å². The molecule has 0 amide bonds. The van der Waals surface area contributed by atoms with E-state index in [-0.39, 0.29) is 0 Å². The molecule has 1 atom stereocenters. The van der Waals surface area contributed by atoms with Gasteiger partial charge in [-0.05, 0) is 31.2 Å². The Bertz CT molecular complexity index is 915. The van der Waals surface area contributed by atoms with Crippen molar-refractivity contribution in [3.05, 3.63) is 60.4 Å². The topological polar surface area (TPSA) is 43.4 Å². The van der Waals surface area contributed by atoms with Crippen molar-refractivity contribution < 1.29 is 9.15 Å². The Kier molecular flexibility index (Phi) is 3.64. The highest BCUT2D eigenvalue weighted by molar-refractivity contribution is 5.67. The maximum absolute atomic E-state index is 5.56. The molecule has 5 rings (SSSR count). The number of imidazole rings is 1. The highest BCUT2D eigenvalue weighted by atomic mass is 16.5. The SMILES string of the molecule is COc1ccccc1-c1cnc2n1CC1(CCN(Cc3ccoc3)C1)C2. The summed E-state index contributed by atoms with van der Waals surface area (Å²) in [6.45, 7) is 4.27. The first-order chi connectivity index (χ1) is 12.8. The number of para-hydroxylation sites is 1. The molecule has 1 spiro atoms. The van der Waals surface area contributed by atoms with Crippen LogP contribution in [0.4, 0.5) is 0 Å². The lowest BCUT2D eigenvalue weighted by Crippen LogP contribution is -2.28. The summed E-state index contributed by atoms with van der Waals surface area (Å²) in [5, 5.41) is 0. The van der Waals surface area contributed by atoms with E-state index < -0.39 is 0 Å². The van der Waals surface area contributed by atoms with Crippen LogP contribution in [0.25, 0.3) is 11.3 Å². The number of hydrogen-bond acceptors (Lipinski definition) is 4. The lowest BCUT2D eigenvalue weighted by Gasteiger charge is -2.23. The van der Waals surface area contributed by atoms with Crippen LogP contribution in [0.1, 0.15) is 17.8 Å². The number of hydrogen-bond donors (Lipinski definition) is 0. The molecule has 26 heavy (non-hydrogen) atoms. The minimum absolute atomic E-state index is 0.310. The Morgan fingerprint density at radius 1 is 1.23 bits per heavy atom. The summed E-state index contributed by atoms with van der Waals surface area (Å²) >= 11 is 0. The molecule has 2 aromatic heterocycles. The van der Waals surface area contributed by atoms with Crippen LogP contribution in [0.3, 0.4) is 0 Å². The number of likely N-dealkylation sites (tertiary alicyclic amines) is 1. The highest BCUT2D eigenvalue weighted by Crippen LogP contribution is 2.43. The van der Waals surface area contributed by atoms with E-state index in [2.05, 4.69) is 27.7 Å². The number of aromatic nitrogens is 2. The normalized spacial score (nSPS) is 22.2. The monoisotopic (exact) mass is 349 g/mol. The smallest absolute Gasteiger partial charge is 0.128 e. The van der Waals surface area contributed by atoms with Crippen molar-refractivity contribution in [2.75, 3.05) is 20.2 Å². The second-order valence-electron chi connectivity index (χ2n) is 7.62. The van der Waals surface area contributed by atoms with E-state index in [4.69, 9.17) is 14.1 Å². The van der Waals surface area contributed by atoms with Crippen LogP contribution in [0.15, 0.2) is 53.5 Å². The van der Waals surface area contributed by atoms with Gasteiger partial charge in [-0.25, -0.2) is 4.98 Å². The van der Waals surface area contributed by atoms with Crippen molar-refractivity contribution in [1.82, 2.24) is 14.5 Å². The van der Waals surface area contributed by atoms with Crippen LogP contribution in [0.2, 0.25) is 0 Å². The first kappa shape index (κ1) is 15.7. The number of nitrogens with zero attached hydrogens (tertiary/aromatic N) is 3. The first-order valence-corrected chi connectivity index (χ1v) is 9.18. The minimum atomic E-state index is 0.310. The van der Waals surface area contributed by atoms with Crippen LogP contribution >= 0.6 is 0 Å². The fourth-order valence-electron chi connectivity index (χ4n) is 4.61. The number of furan rings is 1. The molecular formula is C21H23N3O2. The zero-order valence-electron chi connectivity index (χ0n) is 15.0. The van der Waals surface area contributed by atoms with E-state index in [9.17, 15) is 0 Å². The van der Waals surface area contributed by atoms with Gasteiger partial charge >= 0.3 is 0 Å². The Morgan fingerprint density at radius 3 is 3.00 bits per heavy atom. The van der Waals surface area contributed by atoms with Crippen molar-refractivity contribution in [3.8, 4) is 17.0 Å². The summed E-state index contributed by atoms with van der Waals surface area (Å²) in [6, 6.07) is 10.3. The summed E-state index contributed by atoms with van der Waals surface area (Å²) in [4.78, 5) is 7.28. The molecule has 2 aliphatic rings. The second-order valence-corrected chi connectivity index (χ2v) is 7.62. The second kappa shape index (κ2) is 6.02. The quantitative estimate of drug-likeness (QED) is 0.722.